The summed E-state index contributed by atoms with van der Waals surface area (Å²) in [7, 11) is 0. The number of halogens is 1. The standard InChI is InChI=1S/C10H15ClN2/c1-10(2,3)7-13-9-5-4-8(11)6-12-9/h4-6H,7H2,1-3H3,(H,12,13). The molecule has 0 radical (unpaired) electrons. The van der Waals surface area contributed by atoms with Crippen molar-refractivity contribution in [2.24, 2.45) is 5.41 Å². The lowest BCUT2D eigenvalue weighted by atomic mass is 9.97. The highest BCUT2D eigenvalue weighted by atomic mass is 35.5. The van der Waals surface area contributed by atoms with Crippen molar-refractivity contribution < 1.29 is 0 Å². The molecule has 0 aliphatic rings. The monoisotopic (exact) mass is 198 g/mol. The van der Waals surface area contributed by atoms with Crippen LogP contribution in [0.1, 0.15) is 20.8 Å². The van der Waals surface area contributed by atoms with Gasteiger partial charge in [-0.05, 0) is 17.5 Å². The maximum absolute atomic E-state index is 5.71. The van der Waals surface area contributed by atoms with E-state index < -0.39 is 0 Å². The minimum Gasteiger partial charge on any atom is -0.370 e. The highest BCUT2D eigenvalue weighted by molar-refractivity contribution is 6.30. The SMILES string of the molecule is CC(C)(C)CNc1ccc(Cl)cn1. The molecular weight excluding hydrogens is 184 g/mol. The Kier molecular flexibility index (Phi) is 3.15. The van der Waals surface area contributed by atoms with Crippen LogP contribution in [0.4, 0.5) is 5.82 Å². The first kappa shape index (κ1) is 10.3. The van der Waals surface area contributed by atoms with Crippen LogP contribution in [0.25, 0.3) is 0 Å². The van der Waals surface area contributed by atoms with Gasteiger partial charge in [0.2, 0.25) is 0 Å². The van der Waals surface area contributed by atoms with Crippen LogP contribution < -0.4 is 5.32 Å². The van der Waals surface area contributed by atoms with E-state index in [9.17, 15) is 0 Å². The van der Waals surface area contributed by atoms with Gasteiger partial charge in [-0.15, -0.1) is 0 Å². The first-order valence-corrected chi connectivity index (χ1v) is 4.71. The van der Waals surface area contributed by atoms with Crippen molar-refractivity contribution >= 4 is 17.4 Å². The maximum Gasteiger partial charge on any atom is 0.126 e. The van der Waals surface area contributed by atoms with Gasteiger partial charge in [-0.3, -0.25) is 0 Å². The summed E-state index contributed by atoms with van der Waals surface area (Å²) in [6.45, 7) is 7.43. The van der Waals surface area contributed by atoms with Gasteiger partial charge in [0.05, 0.1) is 5.02 Å². The zero-order chi connectivity index (χ0) is 9.90. The molecule has 1 aromatic heterocycles. The average molecular weight is 199 g/mol. The van der Waals surface area contributed by atoms with E-state index in [0.29, 0.717) is 5.02 Å². The van der Waals surface area contributed by atoms with Gasteiger partial charge in [-0.2, -0.15) is 0 Å². The number of nitrogens with one attached hydrogen (secondary N) is 1. The number of hydrogen-bond donors (Lipinski definition) is 1. The van der Waals surface area contributed by atoms with Gasteiger partial charge in [0, 0.05) is 12.7 Å². The third kappa shape index (κ3) is 4.13. The second-order valence-electron chi connectivity index (χ2n) is 4.28. The summed E-state index contributed by atoms with van der Waals surface area (Å²) >= 11 is 5.71. The molecule has 0 unspecified atom stereocenters. The first-order chi connectivity index (χ1) is 5.97. The number of aromatic nitrogens is 1. The number of anilines is 1. The molecule has 0 fully saturated rings. The van der Waals surface area contributed by atoms with Crippen LogP contribution in [-0.4, -0.2) is 11.5 Å². The summed E-state index contributed by atoms with van der Waals surface area (Å²) in [6.07, 6.45) is 1.65. The van der Waals surface area contributed by atoms with Gasteiger partial charge < -0.3 is 5.32 Å². The van der Waals surface area contributed by atoms with Crippen molar-refractivity contribution in [3.8, 4) is 0 Å². The van der Waals surface area contributed by atoms with Crippen LogP contribution in [0.3, 0.4) is 0 Å². The summed E-state index contributed by atoms with van der Waals surface area (Å²) in [4.78, 5) is 4.14. The zero-order valence-corrected chi connectivity index (χ0v) is 9.02. The third-order valence-electron chi connectivity index (χ3n) is 1.53. The Morgan fingerprint density at radius 2 is 2.08 bits per heavy atom. The van der Waals surface area contributed by atoms with Crippen LogP contribution in [0.2, 0.25) is 5.02 Å². The smallest absolute Gasteiger partial charge is 0.126 e. The fourth-order valence-corrected chi connectivity index (χ4v) is 0.948. The highest BCUT2D eigenvalue weighted by Gasteiger charge is 2.09. The molecule has 1 rings (SSSR count). The van der Waals surface area contributed by atoms with Crippen molar-refractivity contribution in [2.75, 3.05) is 11.9 Å². The van der Waals surface area contributed by atoms with Gasteiger partial charge in [-0.1, -0.05) is 32.4 Å². The van der Waals surface area contributed by atoms with Crippen molar-refractivity contribution in [3.63, 3.8) is 0 Å². The molecule has 1 aromatic rings. The predicted octanol–water partition coefficient (Wildman–Crippen LogP) is 3.19. The quantitative estimate of drug-likeness (QED) is 0.790. The topological polar surface area (TPSA) is 24.9 Å². The second kappa shape index (κ2) is 3.97. The normalized spacial score (nSPS) is 11.4. The van der Waals surface area contributed by atoms with Crippen LogP contribution >= 0.6 is 11.6 Å². The number of hydrogen-bond acceptors (Lipinski definition) is 2. The summed E-state index contributed by atoms with van der Waals surface area (Å²) in [5.41, 5.74) is 0.265. The van der Waals surface area contributed by atoms with Crippen LogP contribution in [-0.2, 0) is 0 Å². The van der Waals surface area contributed by atoms with E-state index in [1.165, 1.54) is 0 Å². The Labute approximate surface area is 84.3 Å². The summed E-state index contributed by atoms with van der Waals surface area (Å²) in [5.74, 6) is 0.874. The lowest BCUT2D eigenvalue weighted by Crippen LogP contribution is -2.19. The highest BCUT2D eigenvalue weighted by Crippen LogP contribution is 2.15. The Morgan fingerprint density at radius 3 is 2.54 bits per heavy atom. The summed E-state index contributed by atoms with van der Waals surface area (Å²) in [5, 5.41) is 3.91. The fourth-order valence-electron chi connectivity index (χ4n) is 0.836. The van der Waals surface area contributed by atoms with E-state index in [4.69, 9.17) is 11.6 Å². The van der Waals surface area contributed by atoms with Gasteiger partial charge in [0.15, 0.2) is 0 Å². The molecule has 13 heavy (non-hydrogen) atoms. The fraction of sp³-hybridized carbons (Fsp3) is 0.500. The molecule has 0 saturated heterocycles. The van der Waals surface area contributed by atoms with Crippen molar-refractivity contribution in [1.29, 1.82) is 0 Å². The van der Waals surface area contributed by atoms with Crippen molar-refractivity contribution in [1.82, 2.24) is 4.98 Å². The van der Waals surface area contributed by atoms with Crippen molar-refractivity contribution in [3.05, 3.63) is 23.4 Å². The predicted molar refractivity (Wildman–Crippen MR) is 57.2 cm³/mol. The summed E-state index contributed by atoms with van der Waals surface area (Å²) < 4.78 is 0. The average Bonchev–Trinajstić information content (AvgIpc) is 2.02. The number of nitrogens with zero attached hydrogens (tertiary/aromatic N) is 1. The molecule has 2 nitrogen and oxygen atoms in total. The molecular formula is C10H15ClN2. The molecule has 0 spiro atoms. The molecule has 0 atom stereocenters. The molecule has 1 heterocycles. The van der Waals surface area contributed by atoms with Crippen molar-refractivity contribution in [2.45, 2.75) is 20.8 Å². The molecule has 0 amide bonds. The molecule has 0 saturated carbocycles. The minimum atomic E-state index is 0.265. The molecule has 0 bridgehead atoms. The van der Waals surface area contributed by atoms with Crippen LogP contribution in [0.15, 0.2) is 18.3 Å². The van der Waals surface area contributed by atoms with E-state index in [1.807, 2.05) is 12.1 Å². The molecule has 0 aliphatic carbocycles. The number of pyridine rings is 1. The Hall–Kier alpha value is -0.760. The lowest BCUT2D eigenvalue weighted by molar-refractivity contribution is 0.442. The summed E-state index contributed by atoms with van der Waals surface area (Å²) in [6, 6.07) is 3.72. The molecule has 1 N–H and O–H groups in total. The molecule has 72 valence electrons. The van der Waals surface area contributed by atoms with Crippen LogP contribution in [0, 0.1) is 5.41 Å². The van der Waals surface area contributed by atoms with E-state index in [1.54, 1.807) is 6.20 Å². The third-order valence-corrected chi connectivity index (χ3v) is 1.75. The zero-order valence-electron chi connectivity index (χ0n) is 8.26. The molecule has 0 aliphatic heterocycles. The number of rotatable bonds is 2. The maximum atomic E-state index is 5.71. The molecule has 3 heteroatoms. The van der Waals surface area contributed by atoms with Crippen LogP contribution in [0.5, 0.6) is 0 Å². The second-order valence-corrected chi connectivity index (χ2v) is 4.71. The lowest BCUT2D eigenvalue weighted by Gasteiger charge is -2.18. The molecule has 0 aromatic carbocycles. The van der Waals surface area contributed by atoms with E-state index in [2.05, 4.69) is 31.1 Å². The largest absolute Gasteiger partial charge is 0.370 e. The Balaban J connectivity index is 2.51. The Morgan fingerprint density at radius 1 is 1.38 bits per heavy atom. The van der Waals surface area contributed by atoms with Gasteiger partial charge in [0.25, 0.3) is 0 Å². The Bertz CT molecular complexity index is 261. The first-order valence-electron chi connectivity index (χ1n) is 4.33. The van der Waals surface area contributed by atoms with Gasteiger partial charge in [0.1, 0.15) is 5.82 Å². The van der Waals surface area contributed by atoms with Gasteiger partial charge >= 0.3 is 0 Å². The minimum absolute atomic E-state index is 0.265. The van der Waals surface area contributed by atoms with Gasteiger partial charge in [-0.25, -0.2) is 4.98 Å². The van der Waals surface area contributed by atoms with E-state index in [0.717, 1.165) is 12.4 Å². The van der Waals surface area contributed by atoms with E-state index >= 15 is 0 Å². The van der Waals surface area contributed by atoms with E-state index in [-0.39, 0.29) is 5.41 Å².